The van der Waals surface area contributed by atoms with E-state index in [1.807, 2.05) is 37.5 Å². The lowest BCUT2D eigenvalue weighted by Gasteiger charge is -2.12. The van der Waals surface area contributed by atoms with E-state index in [2.05, 4.69) is 35.8 Å². The Bertz CT molecular complexity index is 2490. The Kier molecular flexibility index (Phi) is 13.6. The molecular weight excluding hydrogens is 749 g/mol. The van der Waals surface area contributed by atoms with Crippen molar-refractivity contribution in [1.82, 2.24) is 39.1 Å². The predicted octanol–water partition coefficient (Wildman–Crippen LogP) is 3.63. The van der Waals surface area contributed by atoms with Crippen LogP contribution in [0.15, 0.2) is 48.8 Å². The van der Waals surface area contributed by atoms with Crippen LogP contribution in [-0.4, -0.2) is 88.1 Å². The molecular formula is C39H48N12O7. The third-order valence-electron chi connectivity index (χ3n) is 8.82. The molecule has 0 aliphatic heterocycles. The first kappa shape index (κ1) is 42.1. The largest absolute Gasteiger partial charge is 0.494 e. The number of benzene rings is 2. The molecule has 0 saturated heterocycles. The zero-order valence-electron chi connectivity index (χ0n) is 33.3. The number of aliphatic hydroxyl groups is 1. The topological polar surface area (TPSA) is 265 Å². The summed E-state index contributed by atoms with van der Waals surface area (Å²) in [5, 5.41) is 23.3. The van der Waals surface area contributed by atoms with Crippen molar-refractivity contribution in [3.05, 3.63) is 82.5 Å². The molecule has 0 aliphatic carbocycles. The minimum atomic E-state index is -0.613. The second-order valence-electron chi connectivity index (χ2n) is 13.0. The number of nitrogens with one attached hydrogen (secondary N) is 3. The third kappa shape index (κ3) is 9.49. The SMILES string of the molecule is CC/C=C/Cn1c(NC(=O)c2cn(C)nc2CC)nc2cc(C(N)=O)cc(OCCCO)c21.CCc1nn(C)cc1C(=O)Nc1nc2c(OC)cc(C(N)=O)cc2[nH]1. The van der Waals surface area contributed by atoms with Crippen molar-refractivity contribution in [2.45, 2.75) is 53.0 Å². The van der Waals surface area contributed by atoms with Crippen LogP contribution < -0.4 is 31.6 Å². The number of nitrogens with zero attached hydrogens (tertiary/aromatic N) is 7. The monoisotopic (exact) mass is 796 g/mol. The number of amides is 4. The van der Waals surface area contributed by atoms with Gasteiger partial charge < -0.3 is 35.6 Å². The lowest BCUT2D eigenvalue weighted by molar-refractivity contribution is 0.0991. The van der Waals surface area contributed by atoms with Crippen molar-refractivity contribution in [1.29, 1.82) is 0 Å². The summed E-state index contributed by atoms with van der Waals surface area (Å²) in [6.45, 7) is 6.55. The number of aliphatic hydroxyl groups excluding tert-OH is 1. The minimum Gasteiger partial charge on any atom is -0.494 e. The number of primary amides is 2. The van der Waals surface area contributed by atoms with Gasteiger partial charge in [0.15, 0.2) is 0 Å². The Hall–Kier alpha value is -7.02. The molecule has 19 nitrogen and oxygen atoms in total. The molecule has 58 heavy (non-hydrogen) atoms. The van der Waals surface area contributed by atoms with Crippen LogP contribution in [0.4, 0.5) is 11.9 Å². The number of aromatic nitrogens is 8. The summed E-state index contributed by atoms with van der Waals surface area (Å²) in [7, 11) is 4.99. The number of ether oxygens (including phenoxy) is 2. The summed E-state index contributed by atoms with van der Waals surface area (Å²) in [6, 6.07) is 6.21. The van der Waals surface area contributed by atoms with Gasteiger partial charge in [0.2, 0.25) is 23.7 Å². The van der Waals surface area contributed by atoms with Crippen molar-refractivity contribution in [3.63, 3.8) is 0 Å². The smallest absolute Gasteiger partial charge is 0.261 e. The normalized spacial score (nSPS) is 11.2. The van der Waals surface area contributed by atoms with Crippen LogP contribution in [0, 0.1) is 0 Å². The highest BCUT2D eigenvalue weighted by atomic mass is 16.5. The zero-order chi connectivity index (χ0) is 42.1. The molecule has 0 radical (unpaired) electrons. The van der Waals surface area contributed by atoms with E-state index in [1.54, 1.807) is 54.1 Å². The van der Waals surface area contributed by atoms with E-state index in [4.69, 9.17) is 26.0 Å². The molecule has 0 atom stereocenters. The highest BCUT2D eigenvalue weighted by Gasteiger charge is 2.22. The van der Waals surface area contributed by atoms with Crippen LogP contribution >= 0.6 is 0 Å². The molecule has 2 aromatic carbocycles. The van der Waals surface area contributed by atoms with Gasteiger partial charge in [-0.15, -0.1) is 0 Å². The number of carbonyl (C=O) groups excluding carboxylic acids is 4. The van der Waals surface area contributed by atoms with Crippen LogP contribution in [0.3, 0.4) is 0 Å². The van der Waals surface area contributed by atoms with E-state index in [-0.39, 0.29) is 42.1 Å². The van der Waals surface area contributed by atoms with Gasteiger partial charge in [0.1, 0.15) is 22.5 Å². The fourth-order valence-corrected chi connectivity index (χ4v) is 6.11. The number of imidazole rings is 2. The molecule has 4 heterocycles. The van der Waals surface area contributed by atoms with Gasteiger partial charge in [0.05, 0.1) is 47.3 Å². The summed E-state index contributed by atoms with van der Waals surface area (Å²) in [6.07, 6.45) is 9.85. The van der Waals surface area contributed by atoms with Crippen molar-refractivity contribution >= 4 is 57.6 Å². The van der Waals surface area contributed by atoms with E-state index < -0.39 is 11.8 Å². The molecule has 6 rings (SSSR count). The number of aromatic amines is 1. The summed E-state index contributed by atoms with van der Waals surface area (Å²) >= 11 is 0. The second kappa shape index (κ2) is 18.7. The standard InChI is InChI=1S/C23H30N6O4.C16H18N6O3/c1-4-6-7-9-29-20-18(12-15(21(24)31)13-19(20)33-11-8-10-30)25-23(29)26-22(32)16-14-28(3)27-17(16)5-2;1-4-10-9(7-22(2)21-10)15(24)20-16-18-11-5-8(14(17)23)6-12(25-3)13(11)19-16/h6-7,12-14,30H,4-5,8-11H2,1-3H3,(H2,24,31)(H,25,26,32);5-7H,4H2,1-3H3,(H2,17,23)(H2,18,19,20,24)/b7-6+;. The van der Waals surface area contributed by atoms with Crippen LogP contribution in [0.25, 0.3) is 22.1 Å². The summed E-state index contributed by atoms with van der Waals surface area (Å²) in [5.74, 6) is -0.490. The van der Waals surface area contributed by atoms with Crippen molar-refractivity contribution in [3.8, 4) is 11.5 Å². The van der Waals surface area contributed by atoms with Crippen LogP contribution in [0.5, 0.6) is 11.5 Å². The summed E-state index contributed by atoms with van der Waals surface area (Å²) < 4.78 is 16.1. The molecule has 0 unspecified atom stereocenters. The van der Waals surface area contributed by atoms with Crippen molar-refractivity contribution in [2.75, 3.05) is 31.0 Å². The number of anilines is 2. The van der Waals surface area contributed by atoms with Gasteiger partial charge >= 0.3 is 0 Å². The van der Waals surface area contributed by atoms with Crippen molar-refractivity contribution in [2.24, 2.45) is 25.6 Å². The number of nitrogens with two attached hydrogens (primary N) is 2. The Balaban J connectivity index is 0.000000229. The molecule has 306 valence electrons. The molecule has 19 heteroatoms. The number of hydrogen-bond acceptors (Lipinski definition) is 11. The number of H-pyrrole nitrogens is 1. The maximum Gasteiger partial charge on any atom is 0.261 e. The van der Waals surface area contributed by atoms with Gasteiger partial charge in [-0.05, 0) is 43.5 Å². The Labute approximate surface area is 333 Å². The summed E-state index contributed by atoms with van der Waals surface area (Å²) in [4.78, 5) is 60.7. The van der Waals surface area contributed by atoms with Crippen LogP contribution in [0.1, 0.15) is 86.4 Å². The molecule has 0 aliphatic rings. The number of aryl methyl sites for hydroxylation is 4. The third-order valence-corrected chi connectivity index (χ3v) is 8.82. The van der Waals surface area contributed by atoms with Crippen LogP contribution in [0.2, 0.25) is 0 Å². The molecule has 0 bridgehead atoms. The number of fused-ring (bicyclic) bond motifs is 2. The Morgan fingerprint density at radius 2 is 1.45 bits per heavy atom. The second-order valence-corrected chi connectivity index (χ2v) is 13.0. The molecule has 0 spiro atoms. The van der Waals surface area contributed by atoms with E-state index in [1.165, 1.54) is 13.2 Å². The maximum atomic E-state index is 13.1. The van der Waals surface area contributed by atoms with E-state index in [0.717, 1.165) is 6.42 Å². The molecule has 8 N–H and O–H groups in total. The number of methoxy groups -OCH3 is 1. The average molecular weight is 797 g/mol. The first-order valence-electron chi connectivity index (χ1n) is 18.6. The van der Waals surface area contributed by atoms with Gasteiger partial charge in [0.25, 0.3) is 11.8 Å². The van der Waals surface area contributed by atoms with Gasteiger partial charge in [-0.3, -0.25) is 39.2 Å². The predicted molar refractivity (Wildman–Crippen MR) is 217 cm³/mol. The van der Waals surface area contributed by atoms with Crippen LogP contribution in [-0.2, 0) is 33.5 Å². The number of allylic oxidation sites excluding steroid dienone is 2. The van der Waals surface area contributed by atoms with E-state index in [0.29, 0.717) is 87.8 Å². The quantitative estimate of drug-likeness (QED) is 0.0608. The first-order valence-corrected chi connectivity index (χ1v) is 18.6. The Morgan fingerprint density at radius 1 is 0.845 bits per heavy atom. The van der Waals surface area contributed by atoms with Gasteiger partial charge in [-0.25, -0.2) is 9.97 Å². The molecule has 4 amide bonds. The maximum absolute atomic E-state index is 13.1. The highest BCUT2D eigenvalue weighted by Crippen LogP contribution is 2.32. The fourth-order valence-electron chi connectivity index (χ4n) is 6.11. The van der Waals surface area contributed by atoms with Gasteiger partial charge in [-0.2, -0.15) is 10.2 Å². The molecule has 6 aromatic rings. The molecule has 0 fully saturated rings. The number of rotatable bonds is 16. The molecule has 4 aromatic heterocycles. The van der Waals surface area contributed by atoms with Gasteiger partial charge in [-0.1, -0.05) is 32.9 Å². The fraction of sp³-hybridized carbons (Fsp3) is 0.333. The number of carbonyl (C=O) groups is 4. The van der Waals surface area contributed by atoms with Crippen molar-refractivity contribution < 1.29 is 33.8 Å². The van der Waals surface area contributed by atoms with Gasteiger partial charge in [0, 0.05) is 57.2 Å². The Morgan fingerprint density at radius 3 is 2.02 bits per heavy atom. The van der Waals surface area contributed by atoms with E-state index in [9.17, 15) is 19.2 Å². The summed E-state index contributed by atoms with van der Waals surface area (Å²) in [5.41, 5.74) is 15.8. The molecule has 0 saturated carbocycles. The number of hydrogen-bond donors (Lipinski definition) is 6. The average Bonchev–Trinajstić information content (AvgIpc) is 3.98. The first-order chi connectivity index (χ1) is 27.8. The minimum absolute atomic E-state index is 0.0245. The lowest BCUT2D eigenvalue weighted by Crippen LogP contribution is -2.17. The highest BCUT2D eigenvalue weighted by molar-refractivity contribution is 6.06. The zero-order valence-corrected chi connectivity index (χ0v) is 33.3. The lowest BCUT2D eigenvalue weighted by atomic mass is 10.1. The van der Waals surface area contributed by atoms with E-state index >= 15 is 0 Å².